The second kappa shape index (κ2) is 6.19. The molecule has 0 aliphatic heterocycles. The topological polar surface area (TPSA) is 98.0 Å². The molecule has 0 saturated carbocycles. The van der Waals surface area contributed by atoms with Crippen LogP contribution in [0.5, 0.6) is 6.01 Å². The number of anilines is 2. The molecule has 0 aliphatic carbocycles. The van der Waals surface area contributed by atoms with Gasteiger partial charge in [-0.3, -0.25) is 5.43 Å². The number of nitrogen functional groups attached to an aromatic ring is 1. The highest BCUT2D eigenvalue weighted by Crippen LogP contribution is 2.13. The summed E-state index contributed by atoms with van der Waals surface area (Å²) in [5, 5.41) is 3.18. The fourth-order valence-electron chi connectivity index (χ4n) is 1.05. The molecule has 0 spiro atoms. The van der Waals surface area contributed by atoms with Crippen LogP contribution in [0.1, 0.15) is 27.7 Å². The molecule has 4 N–H and O–H groups in total. The molecule has 96 valence electrons. The van der Waals surface area contributed by atoms with Crippen molar-refractivity contribution in [2.45, 2.75) is 33.7 Å². The van der Waals surface area contributed by atoms with Crippen LogP contribution in [-0.4, -0.2) is 27.6 Å². The molecule has 0 aliphatic rings. The molecule has 1 heterocycles. The van der Waals surface area contributed by atoms with E-state index in [1.54, 1.807) is 0 Å². The van der Waals surface area contributed by atoms with Gasteiger partial charge in [0.1, 0.15) is 0 Å². The lowest BCUT2D eigenvalue weighted by Gasteiger charge is -2.17. The second-order valence-corrected chi connectivity index (χ2v) is 4.02. The highest BCUT2D eigenvalue weighted by Gasteiger charge is 2.11. The summed E-state index contributed by atoms with van der Waals surface area (Å²) >= 11 is 0. The molecule has 17 heavy (non-hydrogen) atoms. The summed E-state index contributed by atoms with van der Waals surface area (Å²) in [7, 11) is 0. The van der Waals surface area contributed by atoms with Crippen LogP contribution in [0.3, 0.4) is 0 Å². The standard InChI is InChI=1S/C10H20N6O/c1-5-17-10-14-8(12-7(4)6(2)3)13-9(15-10)16-11/h6-7H,5,11H2,1-4H3,(H2,12,13,14,15,16). The Labute approximate surface area is 101 Å². The molecule has 0 fully saturated rings. The van der Waals surface area contributed by atoms with Crippen LogP contribution >= 0.6 is 0 Å². The highest BCUT2D eigenvalue weighted by molar-refractivity contribution is 5.35. The normalized spacial score (nSPS) is 12.4. The van der Waals surface area contributed by atoms with Gasteiger partial charge >= 0.3 is 6.01 Å². The Bertz CT molecular complexity index is 357. The molecule has 1 aromatic heterocycles. The van der Waals surface area contributed by atoms with Gasteiger partial charge in [0.15, 0.2) is 0 Å². The number of hydrazine groups is 1. The lowest BCUT2D eigenvalue weighted by atomic mass is 10.1. The Morgan fingerprint density at radius 3 is 2.35 bits per heavy atom. The fraction of sp³-hybridized carbons (Fsp3) is 0.700. The van der Waals surface area contributed by atoms with Crippen molar-refractivity contribution in [3.8, 4) is 6.01 Å². The summed E-state index contributed by atoms with van der Waals surface area (Å²) < 4.78 is 5.23. The zero-order valence-corrected chi connectivity index (χ0v) is 10.7. The number of nitrogens with two attached hydrogens (primary N) is 1. The lowest BCUT2D eigenvalue weighted by Crippen LogP contribution is -2.24. The van der Waals surface area contributed by atoms with E-state index in [1.807, 2.05) is 6.92 Å². The minimum atomic E-state index is 0.248. The summed E-state index contributed by atoms with van der Waals surface area (Å²) in [6.07, 6.45) is 0. The van der Waals surface area contributed by atoms with E-state index in [9.17, 15) is 0 Å². The predicted molar refractivity (Wildman–Crippen MR) is 66.7 cm³/mol. The van der Waals surface area contributed by atoms with Gasteiger partial charge in [0.05, 0.1) is 6.61 Å². The van der Waals surface area contributed by atoms with Crippen LogP contribution < -0.4 is 21.3 Å². The Balaban J connectivity index is 2.86. The molecule has 1 atom stereocenters. The van der Waals surface area contributed by atoms with E-state index in [2.05, 4.69) is 46.5 Å². The predicted octanol–water partition coefficient (Wildman–Crippen LogP) is 1.01. The average molecular weight is 240 g/mol. The molecule has 0 bridgehead atoms. The van der Waals surface area contributed by atoms with E-state index in [1.165, 1.54) is 0 Å². The van der Waals surface area contributed by atoms with Crippen molar-refractivity contribution >= 4 is 11.9 Å². The molecule has 0 aromatic carbocycles. The molecule has 7 nitrogen and oxygen atoms in total. The van der Waals surface area contributed by atoms with Gasteiger partial charge in [-0.15, -0.1) is 0 Å². The van der Waals surface area contributed by atoms with Crippen molar-refractivity contribution in [2.24, 2.45) is 11.8 Å². The highest BCUT2D eigenvalue weighted by atomic mass is 16.5. The van der Waals surface area contributed by atoms with E-state index in [0.717, 1.165) is 0 Å². The SMILES string of the molecule is CCOc1nc(NN)nc(NC(C)C(C)C)n1. The molecule has 0 radical (unpaired) electrons. The van der Waals surface area contributed by atoms with Crippen LogP contribution in [0, 0.1) is 5.92 Å². The van der Waals surface area contributed by atoms with Gasteiger partial charge < -0.3 is 10.1 Å². The lowest BCUT2D eigenvalue weighted by molar-refractivity contribution is 0.312. The molecular weight excluding hydrogens is 220 g/mol. The maximum absolute atomic E-state index is 5.29. The zero-order chi connectivity index (χ0) is 12.8. The zero-order valence-electron chi connectivity index (χ0n) is 10.7. The van der Waals surface area contributed by atoms with Crippen molar-refractivity contribution in [2.75, 3.05) is 17.3 Å². The van der Waals surface area contributed by atoms with E-state index >= 15 is 0 Å². The van der Waals surface area contributed by atoms with Gasteiger partial charge in [0.25, 0.3) is 0 Å². The van der Waals surface area contributed by atoms with E-state index in [4.69, 9.17) is 10.6 Å². The largest absolute Gasteiger partial charge is 0.464 e. The van der Waals surface area contributed by atoms with Gasteiger partial charge in [-0.05, 0) is 19.8 Å². The van der Waals surface area contributed by atoms with Gasteiger partial charge in [-0.25, -0.2) is 5.84 Å². The molecule has 7 heteroatoms. The molecule has 0 amide bonds. The molecule has 1 unspecified atom stereocenters. The minimum absolute atomic E-state index is 0.248. The van der Waals surface area contributed by atoms with E-state index in [-0.39, 0.29) is 18.0 Å². The van der Waals surface area contributed by atoms with Crippen LogP contribution in [0.25, 0.3) is 0 Å². The Morgan fingerprint density at radius 1 is 1.18 bits per heavy atom. The summed E-state index contributed by atoms with van der Waals surface area (Å²) in [4.78, 5) is 12.2. The smallest absolute Gasteiger partial charge is 0.323 e. The molecule has 0 saturated heterocycles. The Hall–Kier alpha value is -1.63. The van der Waals surface area contributed by atoms with Gasteiger partial charge in [-0.2, -0.15) is 15.0 Å². The number of aromatic nitrogens is 3. The maximum atomic E-state index is 5.29. The third kappa shape index (κ3) is 4.03. The van der Waals surface area contributed by atoms with Crippen molar-refractivity contribution in [1.82, 2.24) is 15.0 Å². The van der Waals surface area contributed by atoms with Crippen molar-refractivity contribution in [1.29, 1.82) is 0 Å². The number of ether oxygens (including phenoxy) is 1. The van der Waals surface area contributed by atoms with E-state index < -0.39 is 0 Å². The Morgan fingerprint density at radius 2 is 1.82 bits per heavy atom. The second-order valence-electron chi connectivity index (χ2n) is 4.02. The summed E-state index contributed by atoms with van der Waals surface area (Å²) in [6.45, 7) is 8.65. The summed E-state index contributed by atoms with van der Waals surface area (Å²) in [5.74, 6) is 6.49. The number of nitrogens with one attached hydrogen (secondary N) is 2. The van der Waals surface area contributed by atoms with Crippen LogP contribution in [-0.2, 0) is 0 Å². The van der Waals surface area contributed by atoms with Crippen LogP contribution in [0.15, 0.2) is 0 Å². The maximum Gasteiger partial charge on any atom is 0.323 e. The Kier molecular flexibility index (Phi) is 4.89. The molecule has 1 aromatic rings. The monoisotopic (exact) mass is 240 g/mol. The first kappa shape index (κ1) is 13.4. The number of hydrogen-bond donors (Lipinski definition) is 3. The minimum Gasteiger partial charge on any atom is -0.464 e. The quantitative estimate of drug-likeness (QED) is 0.504. The fourth-order valence-corrected chi connectivity index (χ4v) is 1.05. The summed E-state index contributed by atoms with van der Waals surface area (Å²) in [5.41, 5.74) is 2.39. The van der Waals surface area contributed by atoms with Crippen molar-refractivity contribution in [3.05, 3.63) is 0 Å². The first-order valence-electron chi connectivity index (χ1n) is 5.68. The third-order valence-corrected chi connectivity index (χ3v) is 2.37. The first-order chi connectivity index (χ1) is 8.06. The molecule has 1 rings (SSSR count). The first-order valence-corrected chi connectivity index (χ1v) is 5.68. The van der Waals surface area contributed by atoms with E-state index in [0.29, 0.717) is 18.5 Å². The summed E-state index contributed by atoms with van der Waals surface area (Å²) in [6, 6.07) is 0.506. The number of rotatable bonds is 6. The van der Waals surface area contributed by atoms with Gasteiger partial charge in [0.2, 0.25) is 11.9 Å². The van der Waals surface area contributed by atoms with Crippen LogP contribution in [0.2, 0.25) is 0 Å². The average Bonchev–Trinajstić information content (AvgIpc) is 2.28. The number of hydrogen-bond acceptors (Lipinski definition) is 7. The number of nitrogens with zero attached hydrogens (tertiary/aromatic N) is 3. The van der Waals surface area contributed by atoms with Crippen LogP contribution in [0.4, 0.5) is 11.9 Å². The van der Waals surface area contributed by atoms with Gasteiger partial charge in [-0.1, -0.05) is 13.8 Å². The third-order valence-electron chi connectivity index (χ3n) is 2.37. The van der Waals surface area contributed by atoms with Gasteiger partial charge in [0, 0.05) is 6.04 Å². The van der Waals surface area contributed by atoms with Crippen molar-refractivity contribution < 1.29 is 4.74 Å². The van der Waals surface area contributed by atoms with Crippen molar-refractivity contribution in [3.63, 3.8) is 0 Å². The molecular formula is C10H20N6O.